The minimum absolute atomic E-state index is 0.0424. The molecule has 0 unspecified atom stereocenters. The number of nitrogens with zero attached hydrogens (tertiary/aromatic N) is 3. The second-order valence-electron chi connectivity index (χ2n) is 5.69. The van der Waals surface area contributed by atoms with E-state index < -0.39 is 4.92 Å². The second-order valence-corrected chi connectivity index (χ2v) is 6.63. The number of carbonyl (C=O) groups is 1. The average Bonchev–Trinajstić information content (AvgIpc) is 3.00. The van der Waals surface area contributed by atoms with Gasteiger partial charge in [-0.25, -0.2) is 4.98 Å². The zero-order chi connectivity index (χ0) is 19.4. The Kier molecular flexibility index (Phi) is 5.41. The van der Waals surface area contributed by atoms with Crippen molar-refractivity contribution in [2.75, 3.05) is 5.75 Å². The third kappa shape index (κ3) is 4.26. The van der Waals surface area contributed by atoms with Crippen LogP contribution >= 0.6 is 11.8 Å². The first-order valence-corrected chi connectivity index (χ1v) is 8.97. The highest BCUT2D eigenvalue weighted by Crippen LogP contribution is 2.22. The van der Waals surface area contributed by atoms with Gasteiger partial charge in [-0.1, -0.05) is 42.6 Å². The summed E-state index contributed by atoms with van der Waals surface area (Å²) in [7, 11) is 1.90. The van der Waals surface area contributed by atoms with Crippen LogP contribution in [0.15, 0.2) is 60.3 Å². The number of rotatable bonds is 7. The minimum Gasteiger partial charge on any atom is -0.322 e. The summed E-state index contributed by atoms with van der Waals surface area (Å²) in [5.74, 6) is -0.106. The number of benzene rings is 2. The molecular weight excluding hydrogens is 366 g/mol. The van der Waals surface area contributed by atoms with Crippen LogP contribution in [0.25, 0.3) is 16.7 Å². The first-order chi connectivity index (χ1) is 13.0. The zero-order valence-electron chi connectivity index (χ0n) is 14.5. The van der Waals surface area contributed by atoms with Gasteiger partial charge in [-0.05, 0) is 12.1 Å². The van der Waals surface area contributed by atoms with E-state index >= 15 is 0 Å². The van der Waals surface area contributed by atoms with Crippen molar-refractivity contribution < 1.29 is 9.72 Å². The summed E-state index contributed by atoms with van der Waals surface area (Å²) in [6.45, 7) is 3.79. The molecule has 0 aliphatic carbocycles. The largest absolute Gasteiger partial charge is 0.322 e. The molecule has 0 fully saturated rings. The summed E-state index contributed by atoms with van der Waals surface area (Å²) in [5, 5.41) is 11.6. The lowest BCUT2D eigenvalue weighted by atomic mass is 10.1. The van der Waals surface area contributed by atoms with Crippen LogP contribution in [0.2, 0.25) is 0 Å². The number of carbonyl (C=O) groups excluding carboxylic acids is 1. The van der Waals surface area contributed by atoms with E-state index in [-0.39, 0.29) is 17.3 Å². The number of imidazole rings is 1. The first kappa shape index (κ1) is 18.5. The molecule has 0 aliphatic rings. The molecule has 138 valence electrons. The van der Waals surface area contributed by atoms with Crippen molar-refractivity contribution in [2.24, 2.45) is 7.05 Å². The molecular formula is C18H17N5O3S. The number of non-ortho nitro benzene ring substituents is 1. The lowest BCUT2D eigenvalue weighted by molar-refractivity contribution is -0.384. The van der Waals surface area contributed by atoms with E-state index in [2.05, 4.69) is 22.4 Å². The Balaban J connectivity index is 1.55. The number of amides is 1. The minimum atomic E-state index is -0.483. The van der Waals surface area contributed by atoms with Gasteiger partial charge in [0.05, 0.1) is 27.4 Å². The quantitative estimate of drug-likeness (QED) is 0.369. The van der Waals surface area contributed by atoms with Crippen LogP contribution in [-0.4, -0.2) is 26.1 Å². The Hall–Kier alpha value is -3.33. The van der Waals surface area contributed by atoms with Crippen LogP contribution in [0.5, 0.6) is 0 Å². The van der Waals surface area contributed by atoms with Crippen molar-refractivity contribution in [1.29, 1.82) is 0 Å². The molecule has 0 atom stereocenters. The van der Waals surface area contributed by atoms with Crippen molar-refractivity contribution in [2.45, 2.75) is 5.16 Å². The summed E-state index contributed by atoms with van der Waals surface area (Å²) in [6, 6.07) is 13.8. The third-order valence-corrected chi connectivity index (χ3v) is 4.87. The first-order valence-electron chi connectivity index (χ1n) is 7.98. The Bertz CT molecular complexity index is 1030. The summed E-state index contributed by atoms with van der Waals surface area (Å²) < 4.78 is 1.93. The molecule has 0 radical (unpaired) electrons. The highest BCUT2D eigenvalue weighted by atomic mass is 32.2. The molecule has 3 rings (SSSR count). The van der Waals surface area contributed by atoms with Crippen LogP contribution < -0.4 is 10.9 Å². The van der Waals surface area contributed by atoms with E-state index in [1.807, 2.05) is 35.9 Å². The van der Waals surface area contributed by atoms with E-state index in [1.54, 1.807) is 12.1 Å². The van der Waals surface area contributed by atoms with Gasteiger partial charge in [-0.2, -0.15) is 0 Å². The number of fused-ring (bicyclic) bond motifs is 1. The van der Waals surface area contributed by atoms with Crippen molar-refractivity contribution in [3.63, 3.8) is 0 Å². The number of hydrogen-bond acceptors (Lipinski definition) is 6. The molecule has 2 N–H and O–H groups in total. The number of hydrazine groups is 1. The fraction of sp³-hybridized carbons (Fsp3) is 0.111. The molecule has 9 heteroatoms. The van der Waals surface area contributed by atoms with Crippen LogP contribution in [0.1, 0.15) is 5.56 Å². The van der Waals surface area contributed by atoms with Crippen molar-refractivity contribution in [3.8, 4) is 0 Å². The Morgan fingerprint density at radius 2 is 2.04 bits per heavy atom. The number of thioether (sulfide) groups is 1. The van der Waals surface area contributed by atoms with E-state index in [1.165, 1.54) is 23.9 Å². The maximum absolute atomic E-state index is 12.1. The molecule has 0 saturated heterocycles. The smallest absolute Gasteiger partial charge is 0.270 e. The molecule has 2 aromatic carbocycles. The number of nitrogens with one attached hydrogen (secondary N) is 2. The molecule has 1 amide bonds. The van der Waals surface area contributed by atoms with E-state index in [9.17, 15) is 14.9 Å². The maximum atomic E-state index is 12.1. The van der Waals surface area contributed by atoms with Crippen LogP contribution in [0.4, 0.5) is 5.69 Å². The lowest BCUT2D eigenvalue weighted by Gasteiger charge is -2.11. The van der Waals surface area contributed by atoms with Gasteiger partial charge in [0.25, 0.3) is 5.69 Å². The lowest BCUT2D eigenvalue weighted by Crippen LogP contribution is -2.37. The Morgan fingerprint density at radius 3 is 2.78 bits per heavy atom. The maximum Gasteiger partial charge on any atom is 0.270 e. The van der Waals surface area contributed by atoms with Gasteiger partial charge in [0.2, 0.25) is 5.91 Å². The van der Waals surface area contributed by atoms with Gasteiger partial charge < -0.3 is 4.57 Å². The van der Waals surface area contributed by atoms with E-state index in [4.69, 9.17) is 0 Å². The molecule has 0 saturated carbocycles. The summed E-state index contributed by atoms with van der Waals surface area (Å²) in [5.41, 5.74) is 7.93. The number of aryl methyl sites for hydroxylation is 1. The standard InChI is InChI=1S/C18H17N5O3S/c1-12(13-6-5-7-14(10-13)23(25)26)20-21-17(24)11-27-18-19-15-8-3-4-9-16(15)22(18)2/h3-10,20H,1,11H2,2H3,(H,21,24). The molecule has 0 bridgehead atoms. The number of nitro benzene ring substituents is 1. The molecule has 8 nitrogen and oxygen atoms in total. The van der Waals surface area contributed by atoms with Gasteiger partial charge in [0.1, 0.15) is 0 Å². The molecule has 0 spiro atoms. The average molecular weight is 383 g/mol. The van der Waals surface area contributed by atoms with Crippen molar-refractivity contribution in [3.05, 3.63) is 70.8 Å². The molecule has 1 heterocycles. The van der Waals surface area contributed by atoms with Crippen LogP contribution in [0, 0.1) is 10.1 Å². The molecule has 0 aliphatic heterocycles. The van der Waals surface area contributed by atoms with Crippen molar-refractivity contribution in [1.82, 2.24) is 20.4 Å². The van der Waals surface area contributed by atoms with Crippen molar-refractivity contribution >= 4 is 40.1 Å². The zero-order valence-corrected chi connectivity index (χ0v) is 15.3. The SMILES string of the molecule is C=C(NNC(=O)CSc1nc2ccccc2n1C)c1cccc([N+](=O)[O-])c1. The second kappa shape index (κ2) is 7.92. The van der Waals surface area contributed by atoms with Gasteiger partial charge >= 0.3 is 0 Å². The van der Waals surface area contributed by atoms with Crippen LogP contribution in [-0.2, 0) is 11.8 Å². The summed E-state index contributed by atoms with van der Waals surface area (Å²) in [6.07, 6.45) is 0. The highest BCUT2D eigenvalue weighted by molar-refractivity contribution is 7.99. The fourth-order valence-corrected chi connectivity index (χ4v) is 3.23. The molecule has 3 aromatic rings. The summed E-state index contributed by atoms with van der Waals surface area (Å²) in [4.78, 5) is 26.9. The highest BCUT2D eigenvalue weighted by Gasteiger charge is 2.11. The molecule has 27 heavy (non-hydrogen) atoms. The van der Waals surface area contributed by atoms with Gasteiger partial charge in [-0.3, -0.25) is 25.8 Å². The van der Waals surface area contributed by atoms with Gasteiger partial charge in [0.15, 0.2) is 5.16 Å². The number of aromatic nitrogens is 2. The Labute approximate surface area is 159 Å². The number of para-hydroxylation sites is 2. The van der Waals surface area contributed by atoms with Gasteiger partial charge in [0, 0.05) is 24.7 Å². The van der Waals surface area contributed by atoms with Crippen LogP contribution in [0.3, 0.4) is 0 Å². The monoisotopic (exact) mass is 383 g/mol. The number of hydrogen-bond donors (Lipinski definition) is 2. The summed E-state index contributed by atoms with van der Waals surface area (Å²) >= 11 is 1.32. The molecule has 1 aromatic heterocycles. The fourth-order valence-electron chi connectivity index (χ4n) is 2.44. The topological polar surface area (TPSA) is 102 Å². The third-order valence-electron chi connectivity index (χ3n) is 3.84. The van der Waals surface area contributed by atoms with E-state index in [0.717, 1.165) is 16.2 Å². The Morgan fingerprint density at radius 1 is 1.26 bits per heavy atom. The van der Waals surface area contributed by atoms with Gasteiger partial charge in [-0.15, -0.1) is 0 Å². The predicted molar refractivity (Wildman–Crippen MR) is 105 cm³/mol. The number of nitro groups is 1. The predicted octanol–water partition coefficient (Wildman–Crippen LogP) is 2.87. The van der Waals surface area contributed by atoms with E-state index in [0.29, 0.717) is 11.3 Å². The normalized spacial score (nSPS) is 10.6.